The van der Waals surface area contributed by atoms with E-state index in [4.69, 9.17) is 0 Å². The number of aryl methyl sites for hydroxylation is 1. The normalized spacial score (nSPS) is 11.1. The molecule has 0 spiro atoms. The quantitative estimate of drug-likeness (QED) is 0.762. The van der Waals surface area contributed by atoms with E-state index in [9.17, 15) is 14.7 Å². The fourth-order valence-corrected chi connectivity index (χ4v) is 2.87. The Labute approximate surface area is 150 Å². The van der Waals surface area contributed by atoms with Crippen molar-refractivity contribution in [2.45, 2.75) is 26.8 Å². The molecule has 0 atom stereocenters. The van der Waals surface area contributed by atoms with Crippen molar-refractivity contribution >= 4 is 28.6 Å². The molecular weight excluding hydrogens is 332 g/mol. The number of para-hydroxylation sites is 1. The molecule has 0 bridgehead atoms. The summed E-state index contributed by atoms with van der Waals surface area (Å²) >= 11 is 0. The van der Waals surface area contributed by atoms with E-state index in [1.807, 2.05) is 19.9 Å². The first-order valence-corrected chi connectivity index (χ1v) is 8.32. The number of aliphatic carboxylic acids is 1. The number of hydrogen-bond donors (Lipinski definition) is 1. The molecular formula is C19H20N4O3. The van der Waals surface area contributed by atoms with E-state index in [2.05, 4.69) is 10.1 Å². The van der Waals surface area contributed by atoms with Gasteiger partial charge in [0.15, 0.2) is 5.65 Å². The Balaban J connectivity index is 2.14. The minimum atomic E-state index is -1.08. The molecule has 0 radical (unpaired) electrons. The van der Waals surface area contributed by atoms with Crippen LogP contribution < -0.4 is 4.90 Å². The summed E-state index contributed by atoms with van der Waals surface area (Å²) in [6.07, 6.45) is 1.61. The number of carbonyl (C=O) groups is 2. The molecule has 0 aliphatic heterocycles. The zero-order valence-electron chi connectivity index (χ0n) is 14.9. The summed E-state index contributed by atoms with van der Waals surface area (Å²) in [5, 5.41) is 14.2. The molecule has 3 rings (SSSR count). The Bertz CT molecular complexity index is 964. The molecule has 2 aromatic heterocycles. The first-order valence-electron chi connectivity index (χ1n) is 8.32. The van der Waals surface area contributed by atoms with Crippen molar-refractivity contribution in [2.24, 2.45) is 0 Å². The van der Waals surface area contributed by atoms with Crippen LogP contribution in [0, 0.1) is 6.92 Å². The number of fused-ring (bicyclic) bond motifs is 1. The van der Waals surface area contributed by atoms with Gasteiger partial charge in [0.2, 0.25) is 0 Å². The number of anilines is 1. The lowest BCUT2D eigenvalue weighted by Crippen LogP contribution is -2.35. The van der Waals surface area contributed by atoms with Crippen molar-refractivity contribution in [1.29, 1.82) is 0 Å². The number of aromatic nitrogens is 3. The third-order valence-corrected chi connectivity index (χ3v) is 4.02. The number of hydrogen-bond acceptors (Lipinski definition) is 4. The third-order valence-electron chi connectivity index (χ3n) is 4.02. The molecule has 26 heavy (non-hydrogen) atoms. The van der Waals surface area contributed by atoms with Crippen LogP contribution in [0.1, 0.15) is 35.9 Å². The summed E-state index contributed by atoms with van der Waals surface area (Å²) in [5.41, 5.74) is 2.21. The molecule has 2 heterocycles. The smallest absolute Gasteiger partial charge is 0.323 e. The van der Waals surface area contributed by atoms with E-state index in [0.29, 0.717) is 28.0 Å². The van der Waals surface area contributed by atoms with Gasteiger partial charge in [-0.15, -0.1) is 0 Å². The van der Waals surface area contributed by atoms with E-state index >= 15 is 0 Å². The van der Waals surface area contributed by atoms with Gasteiger partial charge >= 0.3 is 5.97 Å². The molecule has 1 amide bonds. The lowest BCUT2D eigenvalue weighted by Gasteiger charge is -2.21. The highest BCUT2D eigenvalue weighted by Crippen LogP contribution is 2.24. The molecule has 7 nitrogen and oxygen atoms in total. The molecule has 0 aliphatic rings. The lowest BCUT2D eigenvalue weighted by atomic mass is 10.1. The predicted octanol–water partition coefficient (Wildman–Crippen LogP) is 3.05. The maximum atomic E-state index is 13.2. The summed E-state index contributed by atoms with van der Waals surface area (Å²) in [7, 11) is 0. The van der Waals surface area contributed by atoms with Crippen LogP contribution in [0.5, 0.6) is 0 Å². The van der Waals surface area contributed by atoms with Gasteiger partial charge in [-0.05, 0) is 39.0 Å². The Morgan fingerprint density at radius 3 is 2.54 bits per heavy atom. The summed E-state index contributed by atoms with van der Waals surface area (Å²) < 4.78 is 1.75. The van der Waals surface area contributed by atoms with Gasteiger partial charge in [0.1, 0.15) is 6.54 Å². The van der Waals surface area contributed by atoms with Gasteiger partial charge in [0.05, 0.1) is 17.1 Å². The summed E-state index contributed by atoms with van der Waals surface area (Å²) in [5.74, 6) is -1.47. The van der Waals surface area contributed by atoms with Crippen molar-refractivity contribution in [1.82, 2.24) is 14.8 Å². The SMILES string of the molecule is Cc1cc(C(=O)N(CC(=O)O)c2ccccc2)c2cnn(C(C)C)c2n1. The van der Waals surface area contributed by atoms with Crippen LogP contribution in [0.25, 0.3) is 11.0 Å². The van der Waals surface area contributed by atoms with Gasteiger partial charge in [0, 0.05) is 17.4 Å². The van der Waals surface area contributed by atoms with Crippen LogP contribution in [-0.2, 0) is 4.79 Å². The first kappa shape index (κ1) is 17.6. The maximum absolute atomic E-state index is 13.2. The number of nitrogens with zero attached hydrogens (tertiary/aromatic N) is 4. The Kier molecular flexibility index (Phi) is 4.71. The highest BCUT2D eigenvalue weighted by molar-refractivity contribution is 6.14. The van der Waals surface area contributed by atoms with Gasteiger partial charge in [0.25, 0.3) is 5.91 Å². The van der Waals surface area contributed by atoms with Crippen molar-refractivity contribution in [2.75, 3.05) is 11.4 Å². The summed E-state index contributed by atoms with van der Waals surface area (Å²) in [6.45, 7) is 5.35. The Morgan fingerprint density at radius 2 is 1.92 bits per heavy atom. The zero-order chi connectivity index (χ0) is 18.8. The molecule has 3 aromatic rings. The second-order valence-electron chi connectivity index (χ2n) is 6.35. The van der Waals surface area contributed by atoms with Gasteiger partial charge in [-0.1, -0.05) is 18.2 Å². The molecule has 1 aromatic carbocycles. The van der Waals surface area contributed by atoms with Crippen LogP contribution in [0.2, 0.25) is 0 Å². The van der Waals surface area contributed by atoms with E-state index in [1.165, 1.54) is 4.90 Å². The average Bonchev–Trinajstić information content (AvgIpc) is 3.03. The number of carboxylic acids is 1. The van der Waals surface area contributed by atoms with Crippen LogP contribution in [0.15, 0.2) is 42.6 Å². The maximum Gasteiger partial charge on any atom is 0.323 e. The van der Waals surface area contributed by atoms with Crippen LogP contribution in [0.3, 0.4) is 0 Å². The van der Waals surface area contributed by atoms with Gasteiger partial charge < -0.3 is 5.11 Å². The van der Waals surface area contributed by atoms with Crippen molar-refractivity contribution < 1.29 is 14.7 Å². The highest BCUT2D eigenvalue weighted by Gasteiger charge is 2.24. The molecule has 0 saturated heterocycles. The van der Waals surface area contributed by atoms with Crippen molar-refractivity contribution in [3.63, 3.8) is 0 Å². The fourth-order valence-electron chi connectivity index (χ4n) is 2.87. The second kappa shape index (κ2) is 6.95. The fraction of sp³-hybridized carbons (Fsp3) is 0.263. The van der Waals surface area contributed by atoms with Gasteiger partial charge in [-0.2, -0.15) is 5.10 Å². The van der Waals surface area contributed by atoms with Crippen molar-refractivity contribution in [3.8, 4) is 0 Å². The first-order chi connectivity index (χ1) is 12.4. The minimum absolute atomic E-state index is 0.0917. The Hall–Kier alpha value is -3.22. The third kappa shape index (κ3) is 3.28. The molecule has 1 N–H and O–H groups in total. The van der Waals surface area contributed by atoms with E-state index in [-0.39, 0.29) is 6.04 Å². The number of carbonyl (C=O) groups excluding carboxylic acids is 1. The monoisotopic (exact) mass is 352 g/mol. The van der Waals surface area contributed by atoms with Crippen LogP contribution in [0.4, 0.5) is 5.69 Å². The largest absolute Gasteiger partial charge is 0.480 e. The Morgan fingerprint density at radius 1 is 1.23 bits per heavy atom. The number of benzene rings is 1. The number of rotatable bonds is 5. The molecule has 0 unspecified atom stereocenters. The topological polar surface area (TPSA) is 88.3 Å². The standard InChI is InChI=1S/C19H20N4O3/c1-12(2)23-18-16(10-20-23)15(9-13(3)21-18)19(26)22(11-17(24)25)14-7-5-4-6-8-14/h4-10,12H,11H2,1-3H3,(H,24,25). The summed E-state index contributed by atoms with van der Waals surface area (Å²) in [6, 6.07) is 10.5. The van der Waals surface area contributed by atoms with E-state index < -0.39 is 18.4 Å². The zero-order valence-corrected chi connectivity index (χ0v) is 14.9. The van der Waals surface area contributed by atoms with E-state index in [1.54, 1.807) is 48.1 Å². The predicted molar refractivity (Wildman–Crippen MR) is 98.4 cm³/mol. The van der Waals surface area contributed by atoms with Crippen molar-refractivity contribution in [3.05, 3.63) is 53.9 Å². The number of pyridine rings is 1. The number of carboxylic acid groups (broad SMARTS) is 1. The van der Waals surface area contributed by atoms with Crippen LogP contribution in [-0.4, -0.2) is 38.3 Å². The minimum Gasteiger partial charge on any atom is -0.480 e. The second-order valence-corrected chi connectivity index (χ2v) is 6.35. The lowest BCUT2D eigenvalue weighted by molar-refractivity contribution is -0.135. The highest BCUT2D eigenvalue weighted by atomic mass is 16.4. The molecule has 0 fully saturated rings. The summed E-state index contributed by atoms with van der Waals surface area (Å²) in [4.78, 5) is 30.3. The molecule has 0 aliphatic carbocycles. The molecule has 7 heteroatoms. The molecule has 0 saturated carbocycles. The van der Waals surface area contributed by atoms with E-state index in [0.717, 1.165) is 0 Å². The van der Waals surface area contributed by atoms with Gasteiger partial charge in [-0.3, -0.25) is 14.5 Å². The van der Waals surface area contributed by atoms with Gasteiger partial charge in [-0.25, -0.2) is 9.67 Å². The average molecular weight is 352 g/mol. The molecule has 134 valence electrons. The van der Waals surface area contributed by atoms with Crippen LogP contribution >= 0.6 is 0 Å². The number of amides is 1.